The van der Waals surface area contributed by atoms with Crippen molar-refractivity contribution in [1.82, 2.24) is 0 Å². The smallest absolute Gasteiger partial charge is 0.331 e. The fourth-order valence-electron chi connectivity index (χ4n) is 1.86. The third kappa shape index (κ3) is 2.40. The first-order chi connectivity index (χ1) is 7.66. The van der Waals surface area contributed by atoms with E-state index < -0.39 is 18.0 Å². The van der Waals surface area contributed by atoms with Gasteiger partial charge >= 0.3 is 11.9 Å². The molecule has 0 bridgehead atoms. The molecule has 6 heteroatoms. The number of carboxylic acids is 1. The molecular formula is C10H12O6. The molecule has 0 spiro atoms. The Kier molecular flexibility index (Phi) is 3.21. The number of hydrogen-bond donors (Lipinski definition) is 1. The summed E-state index contributed by atoms with van der Waals surface area (Å²) in [6.45, 7) is 0.913. The zero-order valence-corrected chi connectivity index (χ0v) is 8.50. The molecule has 2 aliphatic rings. The van der Waals surface area contributed by atoms with E-state index in [1.165, 1.54) is 0 Å². The number of fused-ring (bicyclic) bond motifs is 1. The lowest BCUT2D eigenvalue weighted by Gasteiger charge is -2.15. The second kappa shape index (κ2) is 4.63. The Morgan fingerprint density at radius 3 is 2.88 bits per heavy atom. The molecule has 0 amide bonds. The van der Waals surface area contributed by atoms with Crippen molar-refractivity contribution in [2.24, 2.45) is 0 Å². The third-order valence-corrected chi connectivity index (χ3v) is 2.55. The highest BCUT2D eigenvalue weighted by Crippen LogP contribution is 2.28. The normalized spacial score (nSPS) is 32.9. The first kappa shape index (κ1) is 11.1. The van der Waals surface area contributed by atoms with Crippen LogP contribution in [0.15, 0.2) is 12.2 Å². The molecular weight excluding hydrogens is 216 g/mol. The van der Waals surface area contributed by atoms with Crippen molar-refractivity contribution in [3.05, 3.63) is 12.2 Å². The minimum absolute atomic E-state index is 0.00116. The maximum absolute atomic E-state index is 11.2. The van der Waals surface area contributed by atoms with Gasteiger partial charge in [0.25, 0.3) is 0 Å². The summed E-state index contributed by atoms with van der Waals surface area (Å²) < 4.78 is 15.8. The van der Waals surface area contributed by atoms with Gasteiger partial charge in [-0.2, -0.15) is 0 Å². The van der Waals surface area contributed by atoms with Crippen LogP contribution in [0, 0.1) is 0 Å². The first-order valence-corrected chi connectivity index (χ1v) is 5.01. The van der Waals surface area contributed by atoms with Crippen LogP contribution in [0.4, 0.5) is 0 Å². The second-order valence-corrected chi connectivity index (χ2v) is 3.64. The molecule has 3 unspecified atom stereocenters. The predicted molar refractivity (Wildman–Crippen MR) is 50.8 cm³/mol. The van der Waals surface area contributed by atoms with Gasteiger partial charge < -0.3 is 19.3 Å². The average molecular weight is 228 g/mol. The molecule has 2 heterocycles. The molecule has 0 aromatic heterocycles. The summed E-state index contributed by atoms with van der Waals surface area (Å²) in [7, 11) is 0. The van der Waals surface area contributed by atoms with E-state index in [4.69, 9.17) is 19.3 Å². The Morgan fingerprint density at radius 2 is 2.12 bits per heavy atom. The van der Waals surface area contributed by atoms with Gasteiger partial charge in [-0.1, -0.05) is 0 Å². The molecule has 0 aromatic rings. The maximum atomic E-state index is 11.2. The van der Waals surface area contributed by atoms with E-state index in [2.05, 4.69) is 0 Å². The van der Waals surface area contributed by atoms with Gasteiger partial charge in [0.1, 0.15) is 6.10 Å². The highest BCUT2D eigenvalue weighted by Gasteiger charge is 2.43. The molecule has 0 aliphatic carbocycles. The molecule has 16 heavy (non-hydrogen) atoms. The van der Waals surface area contributed by atoms with Crippen LogP contribution in [0.25, 0.3) is 0 Å². The lowest BCUT2D eigenvalue weighted by Crippen LogP contribution is -2.31. The zero-order chi connectivity index (χ0) is 11.5. The summed E-state index contributed by atoms with van der Waals surface area (Å²) in [6, 6.07) is 0. The van der Waals surface area contributed by atoms with E-state index in [0.717, 1.165) is 18.6 Å². The number of rotatable bonds is 3. The quantitative estimate of drug-likeness (QED) is 0.528. The Bertz CT molecular complexity index is 323. The van der Waals surface area contributed by atoms with Gasteiger partial charge in [-0.05, 0) is 6.42 Å². The monoisotopic (exact) mass is 228 g/mol. The number of ether oxygens (including phenoxy) is 3. The SMILES string of the molecule is O=C(O)C=CC(=O)OC1COC2CCOC21. The molecule has 88 valence electrons. The topological polar surface area (TPSA) is 82.1 Å². The maximum Gasteiger partial charge on any atom is 0.331 e. The van der Waals surface area contributed by atoms with Crippen molar-refractivity contribution in [2.75, 3.05) is 13.2 Å². The van der Waals surface area contributed by atoms with Gasteiger partial charge in [-0.25, -0.2) is 9.59 Å². The molecule has 0 saturated carbocycles. The van der Waals surface area contributed by atoms with Gasteiger partial charge in [0.2, 0.25) is 0 Å². The Morgan fingerprint density at radius 1 is 1.31 bits per heavy atom. The van der Waals surface area contributed by atoms with Gasteiger partial charge in [-0.3, -0.25) is 0 Å². The van der Waals surface area contributed by atoms with Crippen LogP contribution in [0.5, 0.6) is 0 Å². The molecule has 0 aromatic carbocycles. The lowest BCUT2D eigenvalue weighted by atomic mass is 10.1. The molecule has 1 N–H and O–H groups in total. The second-order valence-electron chi connectivity index (χ2n) is 3.64. The van der Waals surface area contributed by atoms with Gasteiger partial charge in [-0.15, -0.1) is 0 Å². The van der Waals surface area contributed by atoms with Crippen LogP contribution < -0.4 is 0 Å². The van der Waals surface area contributed by atoms with Crippen molar-refractivity contribution in [3.63, 3.8) is 0 Å². The predicted octanol–water partition coefficient (Wildman–Crippen LogP) is -0.273. The summed E-state index contributed by atoms with van der Waals surface area (Å²) in [5.41, 5.74) is 0. The lowest BCUT2D eigenvalue weighted by molar-refractivity contribution is -0.148. The Hall–Kier alpha value is -1.40. The molecule has 3 atom stereocenters. The number of carboxylic acid groups (broad SMARTS) is 1. The first-order valence-electron chi connectivity index (χ1n) is 5.01. The molecule has 6 nitrogen and oxygen atoms in total. The number of hydrogen-bond acceptors (Lipinski definition) is 5. The molecule has 2 fully saturated rings. The van der Waals surface area contributed by atoms with E-state index in [9.17, 15) is 9.59 Å². The van der Waals surface area contributed by atoms with Gasteiger partial charge in [0.05, 0.1) is 12.7 Å². The Labute approximate surface area is 91.8 Å². The number of carbonyl (C=O) groups is 2. The fraction of sp³-hybridized carbons (Fsp3) is 0.600. The van der Waals surface area contributed by atoms with Crippen molar-refractivity contribution in [3.8, 4) is 0 Å². The minimum atomic E-state index is -1.19. The van der Waals surface area contributed by atoms with Crippen LogP contribution in [0.1, 0.15) is 6.42 Å². The van der Waals surface area contributed by atoms with E-state index >= 15 is 0 Å². The standard InChI is InChI=1S/C10H12O6/c11-8(12)1-2-9(13)16-7-5-15-6-3-4-14-10(6)7/h1-2,6-7,10H,3-5H2,(H,11,12). The largest absolute Gasteiger partial charge is 0.478 e. The third-order valence-electron chi connectivity index (χ3n) is 2.55. The van der Waals surface area contributed by atoms with Gasteiger partial charge in [0, 0.05) is 18.8 Å². The van der Waals surface area contributed by atoms with Crippen LogP contribution in [0.2, 0.25) is 0 Å². The van der Waals surface area contributed by atoms with Crippen molar-refractivity contribution in [1.29, 1.82) is 0 Å². The highest BCUT2D eigenvalue weighted by molar-refractivity contribution is 5.90. The van der Waals surface area contributed by atoms with Gasteiger partial charge in [0.15, 0.2) is 6.10 Å². The van der Waals surface area contributed by atoms with E-state index in [-0.39, 0.29) is 12.2 Å². The van der Waals surface area contributed by atoms with Crippen molar-refractivity contribution < 1.29 is 28.9 Å². The summed E-state index contributed by atoms with van der Waals surface area (Å²) in [4.78, 5) is 21.4. The Balaban J connectivity index is 1.85. The fourth-order valence-corrected chi connectivity index (χ4v) is 1.86. The summed E-state index contributed by atoms with van der Waals surface area (Å²) in [6.07, 6.45) is 1.79. The zero-order valence-electron chi connectivity index (χ0n) is 8.50. The summed E-state index contributed by atoms with van der Waals surface area (Å²) in [5.74, 6) is -1.87. The van der Waals surface area contributed by atoms with Crippen LogP contribution >= 0.6 is 0 Å². The molecule has 0 radical (unpaired) electrons. The van der Waals surface area contributed by atoms with E-state index in [1.54, 1.807) is 0 Å². The van der Waals surface area contributed by atoms with Crippen molar-refractivity contribution in [2.45, 2.75) is 24.7 Å². The van der Waals surface area contributed by atoms with Crippen molar-refractivity contribution >= 4 is 11.9 Å². The van der Waals surface area contributed by atoms with Crippen LogP contribution in [0.3, 0.4) is 0 Å². The molecule has 2 saturated heterocycles. The summed E-state index contributed by atoms with van der Waals surface area (Å²) in [5, 5.41) is 8.33. The van der Waals surface area contributed by atoms with E-state index in [0.29, 0.717) is 13.2 Å². The summed E-state index contributed by atoms with van der Waals surface area (Å²) >= 11 is 0. The minimum Gasteiger partial charge on any atom is -0.478 e. The molecule has 2 aliphatic heterocycles. The number of carbonyl (C=O) groups excluding carboxylic acids is 1. The van der Waals surface area contributed by atoms with E-state index in [1.807, 2.05) is 0 Å². The molecule has 2 rings (SSSR count). The number of aliphatic carboxylic acids is 1. The highest BCUT2D eigenvalue weighted by atomic mass is 16.6. The average Bonchev–Trinajstić information content (AvgIpc) is 2.80. The van der Waals surface area contributed by atoms with Crippen LogP contribution in [-0.2, 0) is 23.8 Å². The van der Waals surface area contributed by atoms with Crippen LogP contribution in [-0.4, -0.2) is 48.6 Å². The number of esters is 1.